The number of hydrogen-bond acceptors (Lipinski definition) is 10. The number of rotatable bonds is 9. The van der Waals surface area contributed by atoms with E-state index < -0.39 is 6.04 Å². The maximum atomic E-state index is 9.55. The second kappa shape index (κ2) is 11.0. The van der Waals surface area contributed by atoms with Crippen LogP contribution in [0.25, 0.3) is 22.5 Å². The Hall–Kier alpha value is -4.39. The number of nitrogens with zero attached hydrogens (tertiary/aromatic N) is 9. The van der Waals surface area contributed by atoms with Crippen LogP contribution in [0.15, 0.2) is 36.9 Å². The molecule has 1 aliphatic heterocycles. The molecule has 4 aromatic heterocycles. The molecule has 3 aliphatic rings. The highest BCUT2D eigenvalue weighted by atomic mass is 16.7. The zero-order valence-electron chi connectivity index (χ0n) is 24.2. The number of pyridine rings is 2. The molecule has 0 amide bonds. The van der Waals surface area contributed by atoms with E-state index in [4.69, 9.17) is 9.47 Å². The first kappa shape index (κ1) is 27.4. The third-order valence-electron chi connectivity index (χ3n) is 9.53. The second-order valence-electron chi connectivity index (χ2n) is 12.3. The average molecular weight is 579 g/mol. The van der Waals surface area contributed by atoms with Crippen molar-refractivity contribution in [1.29, 1.82) is 10.5 Å². The molecule has 43 heavy (non-hydrogen) atoms. The van der Waals surface area contributed by atoms with Gasteiger partial charge in [-0.05, 0) is 76.2 Å². The van der Waals surface area contributed by atoms with Crippen molar-refractivity contribution in [3.05, 3.63) is 48.2 Å². The number of ether oxygens (including phenoxy) is 2. The van der Waals surface area contributed by atoms with Crippen molar-refractivity contribution < 1.29 is 9.47 Å². The molecule has 1 unspecified atom stereocenters. The number of fused-ring (bicyclic) bond motifs is 3. The van der Waals surface area contributed by atoms with Crippen LogP contribution in [0.5, 0.6) is 0 Å². The summed E-state index contributed by atoms with van der Waals surface area (Å²) in [5, 5.41) is 36.5. The van der Waals surface area contributed by atoms with Gasteiger partial charge in [0.05, 0.1) is 48.2 Å². The number of aromatic nitrogens is 7. The Morgan fingerprint density at radius 3 is 2.81 bits per heavy atom. The van der Waals surface area contributed by atoms with E-state index in [2.05, 4.69) is 42.8 Å². The maximum absolute atomic E-state index is 9.55. The summed E-state index contributed by atoms with van der Waals surface area (Å²) in [6.07, 6.45) is 16.9. The molecule has 4 aromatic rings. The van der Waals surface area contributed by atoms with Gasteiger partial charge >= 0.3 is 0 Å². The number of hydrogen-bond donors (Lipinski definition) is 1. The molecular formula is C31H34N10O2. The van der Waals surface area contributed by atoms with Gasteiger partial charge < -0.3 is 14.8 Å². The van der Waals surface area contributed by atoms with Gasteiger partial charge in [0.25, 0.3) is 0 Å². The highest BCUT2D eigenvalue weighted by Gasteiger charge is 2.55. The molecular weight excluding hydrogens is 544 g/mol. The molecule has 12 heteroatoms. The first-order chi connectivity index (χ1) is 21.0. The molecule has 2 aliphatic carbocycles. The minimum Gasteiger partial charge on any atom is -0.368 e. The maximum Gasteiger partial charge on any atom is 0.164 e. The standard InChI is InChI=1S/C31H34N10O2/c1-21(14-32)37-24-13-27(41-29-23(17-36-41)12-22(15-33)16-35-29)34-18-25(24)40-19-26(38-39-40)31-7-5-30(20-31,6-8-31)9-11-43-28-4-2-3-10-42-28/h12-13,16-19,21,28H,2-11,20H2,1H3,(H,34,37)/t21-,28?,30?,31?/m1/s1. The van der Waals surface area contributed by atoms with Gasteiger partial charge in [0, 0.05) is 29.7 Å². The largest absolute Gasteiger partial charge is 0.368 e. The topological polar surface area (TPSA) is 152 Å². The lowest BCUT2D eigenvalue weighted by atomic mass is 9.79. The van der Waals surface area contributed by atoms with Crippen LogP contribution in [-0.4, -0.2) is 60.3 Å². The van der Waals surface area contributed by atoms with Crippen LogP contribution in [0.4, 0.5) is 5.69 Å². The van der Waals surface area contributed by atoms with Crippen LogP contribution >= 0.6 is 0 Å². The van der Waals surface area contributed by atoms with E-state index in [0.717, 1.165) is 62.8 Å². The third-order valence-corrected chi connectivity index (χ3v) is 9.53. The van der Waals surface area contributed by atoms with E-state index in [1.165, 1.54) is 25.5 Å². The SMILES string of the molecule is C[C@H](C#N)Nc1cc(-n2ncc3cc(C#N)cnc32)ncc1-n1cc(C23CCC(CCOC4CCCCO4)(CC2)C3)nn1. The predicted octanol–water partition coefficient (Wildman–Crippen LogP) is 4.73. The molecule has 2 saturated carbocycles. The summed E-state index contributed by atoms with van der Waals surface area (Å²) in [4.78, 5) is 9.10. The summed E-state index contributed by atoms with van der Waals surface area (Å²) in [5.41, 5.74) is 3.77. The van der Waals surface area contributed by atoms with Gasteiger partial charge in [-0.25, -0.2) is 14.6 Å². The number of nitriles is 2. The summed E-state index contributed by atoms with van der Waals surface area (Å²) < 4.78 is 15.2. The van der Waals surface area contributed by atoms with Gasteiger partial charge in [-0.1, -0.05) is 5.21 Å². The fraction of sp³-hybridized carbons (Fsp3) is 0.516. The minimum absolute atomic E-state index is 0.0302. The van der Waals surface area contributed by atoms with Crippen molar-refractivity contribution in [1.82, 2.24) is 34.7 Å². The Labute approximate surface area is 249 Å². The van der Waals surface area contributed by atoms with Crippen molar-refractivity contribution in [2.24, 2.45) is 5.41 Å². The molecule has 2 atom stereocenters. The third kappa shape index (κ3) is 5.11. The van der Waals surface area contributed by atoms with E-state index in [1.807, 2.05) is 12.3 Å². The minimum atomic E-state index is -0.451. The van der Waals surface area contributed by atoms with Gasteiger partial charge in [0.1, 0.15) is 17.8 Å². The van der Waals surface area contributed by atoms with Crippen molar-refractivity contribution in [2.45, 2.75) is 82.5 Å². The molecule has 12 nitrogen and oxygen atoms in total. The monoisotopic (exact) mass is 578 g/mol. The Balaban J connectivity index is 1.12. The Bertz CT molecular complexity index is 1720. The molecule has 1 N–H and O–H groups in total. The quantitative estimate of drug-likeness (QED) is 0.295. The van der Waals surface area contributed by atoms with Crippen molar-refractivity contribution >= 4 is 16.7 Å². The van der Waals surface area contributed by atoms with Crippen LogP contribution in [0, 0.1) is 28.1 Å². The highest BCUT2D eigenvalue weighted by molar-refractivity contribution is 5.77. The van der Waals surface area contributed by atoms with E-state index in [0.29, 0.717) is 33.8 Å². The van der Waals surface area contributed by atoms with E-state index in [9.17, 15) is 10.5 Å². The first-order valence-electron chi connectivity index (χ1n) is 15.1. The Morgan fingerprint density at radius 1 is 1.14 bits per heavy atom. The molecule has 7 rings (SSSR count). The van der Waals surface area contributed by atoms with Gasteiger partial charge in [-0.3, -0.25) is 0 Å². The molecule has 1 saturated heterocycles. The zero-order valence-corrected chi connectivity index (χ0v) is 24.2. The van der Waals surface area contributed by atoms with E-state index in [-0.39, 0.29) is 11.7 Å². The van der Waals surface area contributed by atoms with Crippen LogP contribution < -0.4 is 5.32 Å². The van der Waals surface area contributed by atoms with Gasteiger partial charge in [-0.2, -0.15) is 20.3 Å². The lowest BCUT2D eigenvalue weighted by Gasteiger charge is -2.28. The second-order valence-corrected chi connectivity index (χ2v) is 12.3. The molecule has 0 radical (unpaired) electrons. The van der Waals surface area contributed by atoms with Crippen LogP contribution in [0.2, 0.25) is 0 Å². The zero-order chi connectivity index (χ0) is 29.4. The van der Waals surface area contributed by atoms with Crippen molar-refractivity contribution in [2.75, 3.05) is 18.5 Å². The van der Waals surface area contributed by atoms with Crippen LogP contribution in [-0.2, 0) is 14.9 Å². The molecule has 2 bridgehead atoms. The van der Waals surface area contributed by atoms with E-state index >= 15 is 0 Å². The highest BCUT2D eigenvalue weighted by Crippen LogP contribution is 2.63. The average Bonchev–Trinajstić information content (AvgIpc) is 3.84. The lowest BCUT2D eigenvalue weighted by molar-refractivity contribution is -0.166. The summed E-state index contributed by atoms with van der Waals surface area (Å²) in [6, 6.07) is 7.47. The summed E-state index contributed by atoms with van der Waals surface area (Å²) >= 11 is 0. The molecule has 0 aromatic carbocycles. The van der Waals surface area contributed by atoms with Gasteiger partial charge in [0.2, 0.25) is 0 Å². The van der Waals surface area contributed by atoms with Crippen LogP contribution in [0.1, 0.15) is 76.0 Å². The normalized spacial score (nSPS) is 25.4. The smallest absolute Gasteiger partial charge is 0.164 e. The molecule has 5 heterocycles. The van der Waals surface area contributed by atoms with Crippen LogP contribution in [0.3, 0.4) is 0 Å². The van der Waals surface area contributed by atoms with E-state index in [1.54, 1.807) is 34.7 Å². The van der Waals surface area contributed by atoms with Gasteiger partial charge in [-0.15, -0.1) is 5.10 Å². The lowest BCUT2D eigenvalue weighted by Crippen LogP contribution is -2.25. The summed E-state index contributed by atoms with van der Waals surface area (Å²) in [7, 11) is 0. The summed E-state index contributed by atoms with van der Waals surface area (Å²) in [5.74, 6) is 0.528. The van der Waals surface area contributed by atoms with Crippen molar-refractivity contribution in [3.63, 3.8) is 0 Å². The molecule has 3 fully saturated rings. The summed E-state index contributed by atoms with van der Waals surface area (Å²) in [6.45, 7) is 3.35. The number of anilines is 1. The fourth-order valence-corrected chi connectivity index (χ4v) is 7.16. The molecule has 0 spiro atoms. The first-order valence-corrected chi connectivity index (χ1v) is 15.1. The van der Waals surface area contributed by atoms with Crippen molar-refractivity contribution in [3.8, 4) is 23.6 Å². The molecule has 220 valence electrons. The number of nitrogens with one attached hydrogen (secondary N) is 1. The predicted molar refractivity (Wildman–Crippen MR) is 156 cm³/mol. The fourth-order valence-electron chi connectivity index (χ4n) is 7.16. The Morgan fingerprint density at radius 2 is 2.02 bits per heavy atom. The van der Waals surface area contributed by atoms with Gasteiger partial charge in [0.15, 0.2) is 17.8 Å². The Kier molecular flexibility index (Phi) is 7.04.